The van der Waals surface area contributed by atoms with Crippen LogP contribution >= 0.6 is 0 Å². The van der Waals surface area contributed by atoms with E-state index in [9.17, 15) is 13.2 Å². The Kier molecular flexibility index (Phi) is 3.14. The van der Waals surface area contributed by atoms with E-state index in [0.717, 1.165) is 6.07 Å². The summed E-state index contributed by atoms with van der Waals surface area (Å²) in [5, 5.41) is 2.70. The molecule has 0 bridgehead atoms. The van der Waals surface area contributed by atoms with Crippen molar-refractivity contribution in [2.75, 3.05) is 11.1 Å². The zero-order chi connectivity index (χ0) is 13.2. The first-order valence-electron chi connectivity index (χ1n) is 5.26. The summed E-state index contributed by atoms with van der Waals surface area (Å²) >= 11 is 0. The second-order valence-corrected chi connectivity index (χ2v) is 3.76. The van der Waals surface area contributed by atoms with Gasteiger partial charge < -0.3 is 11.1 Å². The van der Waals surface area contributed by atoms with Gasteiger partial charge in [0.1, 0.15) is 0 Å². The fourth-order valence-corrected chi connectivity index (χ4v) is 1.60. The third kappa shape index (κ3) is 2.56. The first-order valence-corrected chi connectivity index (χ1v) is 5.26. The number of alkyl halides is 3. The number of nitrogen functional groups attached to an aromatic ring is 1. The molecule has 3 N–H and O–H groups in total. The van der Waals surface area contributed by atoms with Crippen molar-refractivity contribution < 1.29 is 13.2 Å². The number of halogens is 3. The summed E-state index contributed by atoms with van der Waals surface area (Å²) in [4.78, 5) is 0. The Morgan fingerprint density at radius 2 is 1.39 bits per heavy atom. The number of benzene rings is 2. The highest BCUT2D eigenvalue weighted by Crippen LogP contribution is 2.36. The first-order chi connectivity index (χ1) is 8.48. The van der Waals surface area contributed by atoms with Crippen molar-refractivity contribution in [3.8, 4) is 0 Å². The highest BCUT2D eigenvalue weighted by Gasteiger charge is 2.33. The van der Waals surface area contributed by atoms with Crippen molar-refractivity contribution in [3.63, 3.8) is 0 Å². The van der Waals surface area contributed by atoms with Gasteiger partial charge in [-0.15, -0.1) is 0 Å². The van der Waals surface area contributed by atoms with Crippen LogP contribution in [0.1, 0.15) is 5.56 Å². The van der Waals surface area contributed by atoms with E-state index in [1.165, 1.54) is 18.2 Å². The second-order valence-electron chi connectivity index (χ2n) is 3.76. The van der Waals surface area contributed by atoms with Gasteiger partial charge in [-0.05, 0) is 24.3 Å². The predicted molar refractivity (Wildman–Crippen MR) is 65.6 cm³/mol. The van der Waals surface area contributed by atoms with Crippen molar-refractivity contribution in [1.29, 1.82) is 0 Å². The Hall–Kier alpha value is -2.17. The normalized spacial score (nSPS) is 11.3. The smallest absolute Gasteiger partial charge is 0.397 e. The summed E-state index contributed by atoms with van der Waals surface area (Å²) < 4.78 is 38.3. The monoisotopic (exact) mass is 252 g/mol. The van der Waals surface area contributed by atoms with E-state index < -0.39 is 11.7 Å². The van der Waals surface area contributed by atoms with Gasteiger partial charge in [0.2, 0.25) is 0 Å². The molecule has 0 aliphatic heterocycles. The molecule has 0 saturated heterocycles. The summed E-state index contributed by atoms with van der Waals surface area (Å²) in [6.07, 6.45) is -4.40. The van der Waals surface area contributed by atoms with Gasteiger partial charge in [0.15, 0.2) is 0 Å². The van der Waals surface area contributed by atoms with Crippen molar-refractivity contribution in [2.45, 2.75) is 6.18 Å². The van der Waals surface area contributed by atoms with Crippen molar-refractivity contribution in [3.05, 3.63) is 54.1 Å². The Balaban J connectivity index is 2.39. The van der Waals surface area contributed by atoms with Gasteiger partial charge >= 0.3 is 6.18 Å². The van der Waals surface area contributed by atoms with E-state index in [2.05, 4.69) is 5.32 Å². The van der Waals surface area contributed by atoms with Crippen LogP contribution in [0.15, 0.2) is 48.5 Å². The zero-order valence-electron chi connectivity index (χ0n) is 9.33. The Morgan fingerprint density at radius 1 is 0.833 bits per heavy atom. The molecule has 2 aromatic carbocycles. The molecule has 0 aliphatic carbocycles. The molecule has 2 aromatic rings. The molecular formula is C13H11F3N2. The van der Waals surface area contributed by atoms with E-state index in [0.29, 0.717) is 11.4 Å². The van der Waals surface area contributed by atoms with Gasteiger partial charge in [0, 0.05) is 0 Å². The molecule has 0 spiro atoms. The largest absolute Gasteiger partial charge is 0.418 e. The lowest BCUT2D eigenvalue weighted by molar-refractivity contribution is -0.136. The van der Waals surface area contributed by atoms with E-state index in [-0.39, 0.29) is 5.69 Å². The van der Waals surface area contributed by atoms with Gasteiger partial charge in [0.25, 0.3) is 0 Å². The quantitative estimate of drug-likeness (QED) is 0.792. The number of anilines is 3. The van der Waals surface area contributed by atoms with Gasteiger partial charge in [-0.25, -0.2) is 0 Å². The fraction of sp³-hybridized carbons (Fsp3) is 0.0769. The van der Waals surface area contributed by atoms with Crippen LogP contribution in [-0.2, 0) is 6.18 Å². The lowest BCUT2D eigenvalue weighted by Gasteiger charge is -2.15. The van der Waals surface area contributed by atoms with E-state index in [4.69, 9.17) is 5.73 Å². The van der Waals surface area contributed by atoms with Crippen LogP contribution in [0.4, 0.5) is 30.2 Å². The molecule has 2 rings (SSSR count). The Labute approximate surface area is 102 Å². The van der Waals surface area contributed by atoms with E-state index in [1.807, 2.05) is 0 Å². The van der Waals surface area contributed by atoms with Crippen LogP contribution < -0.4 is 11.1 Å². The maximum absolute atomic E-state index is 12.8. The maximum atomic E-state index is 12.8. The summed E-state index contributed by atoms with van der Waals surface area (Å²) in [5.74, 6) is 0. The van der Waals surface area contributed by atoms with Crippen molar-refractivity contribution >= 4 is 17.1 Å². The molecule has 0 aliphatic rings. The molecule has 2 nitrogen and oxygen atoms in total. The molecule has 0 heterocycles. The number of hydrogen-bond acceptors (Lipinski definition) is 2. The van der Waals surface area contributed by atoms with Gasteiger partial charge in [0.05, 0.1) is 22.6 Å². The highest BCUT2D eigenvalue weighted by molar-refractivity contribution is 5.73. The maximum Gasteiger partial charge on any atom is 0.418 e. The minimum absolute atomic E-state index is 0.0112. The summed E-state index contributed by atoms with van der Waals surface area (Å²) in [6, 6.07) is 12.0. The number of para-hydroxylation sites is 3. The Morgan fingerprint density at radius 3 is 2.00 bits per heavy atom. The summed E-state index contributed by atoms with van der Waals surface area (Å²) in [6.45, 7) is 0. The molecule has 0 saturated carbocycles. The predicted octanol–water partition coefficient (Wildman–Crippen LogP) is 4.03. The van der Waals surface area contributed by atoms with Gasteiger partial charge in [-0.3, -0.25) is 0 Å². The first kappa shape index (κ1) is 12.3. The number of nitrogens with two attached hydrogens (primary N) is 1. The van der Waals surface area contributed by atoms with Gasteiger partial charge in [-0.2, -0.15) is 13.2 Å². The minimum Gasteiger partial charge on any atom is -0.397 e. The number of hydrogen-bond donors (Lipinski definition) is 2. The van der Waals surface area contributed by atoms with Crippen LogP contribution in [0.2, 0.25) is 0 Å². The standard InChI is InChI=1S/C13H11F3N2/c14-13(15,16)9-5-1-3-7-11(9)18-12-8-4-2-6-10(12)17/h1-8,18H,17H2. The molecule has 0 fully saturated rings. The topological polar surface area (TPSA) is 38.0 Å². The van der Waals surface area contributed by atoms with Gasteiger partial charge in [-0.1, -0.05) is 24.3 Å². The molecule has 5 heteroatoms. The number of nitrogens with one attached hydrogen (secondary N) is 1. The van der Waals surface area contributed by atoms with Crippen LogP contribution in [0.25, 0.3) is 0 Å². The molecule has 0 amide bonds. The number of rotatable bonds is 2. The lowest BCUT2D eigenvalue weighted by Crippen LogP contribution is -2.09. The average molecular weight is 252 g/mol. The molecule has 0 unspecified atom stereocenters. The zero-order valence-corrected chi connectivity index (χ0v) is 9.33. The molecule has 0 radical (unpaired) electrons. The highest BCUT2D eigenvalue weighted by atomic mass is 19.4. The molecule has 0 atom stereocenters. The minimum atomic E-state index is -4.40. The van der Waals surface area contributed by atoms with Crippen molar-refractivity contribution in [2.24, 2.45) is 0 Å². The van der Waals surface area contributed by atoms with E-state index >= 15 is 0 Å². The van der Waals surface area contributed by atoms with Crippen LogP contribution in [0, 0.1) is 0 Å². The van der Waals surface area contributed by atoms with Crippen molar-refractivity contribution in [1.82, 2.24) is 0 Å². The van der Waals surface area contributed by atoms with Crippen LogP contribution in [0.3, 0.4) is 0 Å². The molecule has 18 heavy (non-hydrogen) atoms. The second kappa shape index (κ2) is 4.60. The van der Waals surface area contributed by atoms with E-state index in [1.54, 1.807) is 24.3 Å². The fourth-order valence-electron chi connectivity index (χ4n) is 1.60. The Bertz CT molecular complexity index is 550. The SMILES string of the molecule is Nc1ccccc1Nc1ccccc1C(F)(F)F. The lowest BCUT2D eigenvalue weighted by atomic mass is 10.1. The summed E-state index contributed by atoms with van der Waals surface area (Å²) in [7, 11) is 0. The summed E-state index contributed by atoms with van der Waals surface area (Å²) in [5.41, 5.74) is 5.81. The third-order valence-electron chi connectivity index (χ3n) is 2.46. The molecule has 0 aromatic heterocycles. The van der Waals surface area contributed by atoms with Crippen LogP contribution in [-0.4, -0.2) is 0 Å². The average Bonchev–Trinajstić information content (AvgIpc) is 2.31. The van der Waals surface area contributed by atoms with Crippen LogP contribution in [0.5, 0.6) is 0 Å². The third-order valence-corrected chi connectivity index (χ3v) is 2.46. The molecule has 94 valence electrons. The molecular weight excluding hydrogens is 241 g/mol.